The van der Waals surface area contributed by atoms with Gasteiger partial charge in [0.25, 0.3) is 11.8 Å². The highest BCUT2D eigenvalue weighted by molar-refractivity contribution is 7.17. The Kier molecular flexibility index (Phi) is 7.74. The Morgan fingerprint density at radius 1 is 1.00 bits per heavy atom. The van der Waals surface area contributed by atoms with E-state index in [4.69, 9.17) is 27.9 Å². The third kappa shape index (κ3) is 6.37. The monoisotopic (exact) mass is 530 g/mol. The average molecular weight is 532 g/mol. The van der Waals surface area contributed by atoms with Crippen molar-refractivity contribution in [3.63, 3.8) is 0 Å². The first-order chi connectivity index (χ1) is 16.6. The lowest BCUT2D eigenvalue weighted by atomic mass is 9.72. The number of carbonyl (C=O) groups is 2. The predicted octanol–water partition coefficient (Wildman–Crippen LogP) is 7.48. The molecule has 1 atom stereocenters. The molecule has 0 spiro atoms. The average Bonchev–Trinajstić information content (AvgIpc) is 3.16. The van der Waals surface area contributed by atoms with Crippen LogP contribution in [0.4, 0.5) is 10.7 Å². The highest BCUT2D eigenvalue weighted by Crippen LogP contribution is 2.44. The van der Waals surface area contributed by atoms with Gasteiger partial charge in [-0.2, -0.15) is 0 Å². The maximum absolute atomic E-state index is 13.4. The molecular weight excluding hydrogens is 503 g/mol. The van der Waals surface area contributed by atoms with Gasteiger partial charge in [-0.3, -0.25) is 9.59 Å². The van der Waals surface area contributed by atoms with Crippen LogP contribution < -0.4 is 15.4 Å². The molecule has 1 aromatic heterocycles. The highest BCUT2D eigenvalue weighted by Gasteiger charge is 2.34. The molecule has 184 valence electrons. The van der Waals surface area contributed by atoms with E-state index in [0.29, 0.717) is 38.0 Å². The quantitative estimate of drug-likeness (QED) is 0.347. The first-order valence-corrected chi connectivity index (χ1v) is 13.1. The fourth-order valence-corrected chi connectivity index (χ4v) is 5.82. The number of anilines is 2. The van der Waals surface area contributed by atoms with Gasteiger partial charge < -0.3 is 15.4 Å². The summed E-state index contributed by atoms with van der Waals surface area (Å²) >= 11 is 13.4. The number of hydrogen-bond acceptors (Lipinski definition) is 4. The number of ether oxygens (including phenoxy) is 1. The van der Waals surface area contributed by atoms with Crippen LogP contribution in [0.25, 0.3) is 0 Å². The molecule has 0 saturated carbocycles. The molecule has 2 aromatic carbocycles. The molecule has 5 nitrogen and oxygen atoms in total. The Labute approximate surface area is 219 Å². The molecule has 1 aliphatic carbocycles. The molecule has 2 amide bonds. The van der Waals surface area contributed by atoms with Crippen molar-refractivity contribution >= 4 is 57.0 Å². The predicted molar refractivity (Wildman–Crippen MR) is 144 cm³/mol. The van der Waals surface area contributed by atoms with Crippen molar-refractivity contribution < 1.29 is 14.3 Å². The largest absolute Gasteiger partial charge is 0.484 e. The van der Waals surface area contributed by atoms with Crippen LogP contribution >= 0.6 is 34.5 Å². The van der Waals surface area contributed by atoms with Crippen LogP contribution in [0.5, 0.6) is 5.75 Å². The second kappa shape index (κ2) is 10.6. The Morgan fingerprint density at radius 2 is 1.63 bits per heavy atom. The fraction of sp³-hybridized carbons (Fsp3) is 0.333. The minimum atomic E-state index is -0.327. The van der Waals surface area contributed by atoms with Crippen molar-refractivity contribution in [1.29, 1.82) is 0 Å². The first-order valence-electron chi connectivity index (χ1n) is 11.5. The van der Waals surface area contributed by atoms with Gasteiger partial charge in [0.2, 0.25) is 0 Å². The molecule has 8 heteroatoms. The van der Waals surface area contributed by atoms with Crippen LogP contribution in [0.15, 0.2) is 48.5 Å². The van der Waals surface area contributed by atoms with E-state index in [-0.39, 0.29) is 23.8 Å². The Balaban J connectivity index is 1.56. The van der Waals surface area contributed by atoms with Gasteiger partial charge in [-0.25, -0.2) is 0 Å². The number of nitrogens with one attached hydrogen (secondary N) is 2. The number of benzene rings is 2. The van der Waals surface area contributed by atoms with E-state index in [9.17, 15) is 9.59 Å². The summed E-state index contributed by atoms with van der Waals surface area (Å²) in [5.74, 6) is 0.487. The number of thiophene rings is 1. The summed E-state index contributed by atoms with van der Waals surface area (Å²) in [6.07, 6.45) is 2.69. The molecule has 1 aliphatic rings. The van der Waals surface area contributed by atoms with Gasteiger partial charge in [0.1, 0.15) is 10.8 Å². The van der Waals surface area contributed by atoms with E-state index >= 15 is 0 Å². The second-order valence-corrected chi connectivity index (χ2v) is 11.7. The zero-order valence-corrected chi connectivity index (χ0v) is 22.2. The van der Waals surface area contributed by atoms with Crippen molar-refractivity contribution in [2.75, 3.05) is 17.2 Å². The molecule has 0 unspecified atom stereocenters. The molecule has 35 heavy (non-hydrogen) atoms. The summed E-state index contributed by atoms with van der Waals surface area (Å²) in [5, 5.41) is 7.62. The fourth-order valence-electron chi connectivity index (χ4n) is 4.22. The Hall–Kier alpha value is -2.54. The van der Waals surface area contributed by atoms with Crippen molar-refractivity contribution in [1.82, 2.24) is 0 Å². The first kappa shape index (κ1) is 25.5. The maximum Gasteiger partial charge on any atom is 0.262 e. The summed E-state index contributed by atoms with van der Waals surface area (Å²) in [4.78, 5) is 27.3. The van der Waals surface area contributed by atoms with E-state index in [0.717, 1.165) is 29.7 Å². The molecule has 1 heterocycles. The van der Waals surface area contributed by atoms with Crippen LogP contribution in [0.3, 0.4) is 0 Å². The van der Waals surface area contributed by atoms with E-state index in [1.165, 1.54) is 11.3 Å². The number of rotatable bonds is 6. The number of halogens is 2. The molecular formula is C27H28Cl2N2O3S. The minimum Gasteiger partial charge on any atom is -0.484 e. The SMILES string of the molecule is CC(C)(C)[C@@H]1CCc2c(sc(NC(=O)COc3ccc(Cl)cc3)c2C(=O)Nc2ccc(Cl)cc2)C1. The summed E-state index contributed by atoms with van der Waals surface area (Å²) in [7, 11) is 0. The zero-order valence-electron chi connectivity index (χ0n) is 19.9. The summed E-state index contributed by atoms with van der Waals surface area (Å²) in [6.45, 7) is 6.58. The molecule has 0 fully saturated rings. The van der Waals surface area contributed by atoms with Gasteiger partial charge in [0.15, 0.2) is 6.61 Å². The molecule has 0 bridgehead atoms. The van der Waals surface area contributed by atoms with Crippen LogP contribution in [-0.2, 0) is 17.6 Å². The summed E-state index contributed by atoms with van der Waals surface area (Å²) in [6, 6.07) is 13.8. The van der Waals surface area contributed by atoms with E-state index in [1.54, 1.807) is 48.5 Å². The van der Waals surface area contributed by atoms with Gasteiger partial charge in [-0.05, 0) is 84.7 Å². The van der Waals surface area contributed by atoms with Crippen molar-refractivity contribution in [2.45, 2.75) is 40.0 Å². The van der Waals surface area contributed by atoms with Gasteiger partial charge in [0.05, 0.1) is 5.56 Å². The van der Waals surface area contributed by atoms with E-state index in [1.807, 2.05) is 0 Å². The third-order valence-corrected chi connectivity index (χ3v) is 7.93. The third-order valence-electron chi connectivity index (χ3n) is 6.26. The molecule has 4 rings (SSSR count). The van der Waals surface area contributed by atoms with Crippen LogP contribution in [0.2, 0.25) is 10.0 Å². The lowest BCUT2D eigenvalue weighted by molar-refractivity contribution is -0.118. The molecule has 0 aliphatic heterocycles. The highest BCUT2D eigenvalue weighted by atomic mass is 35.5. The number of fused-ring (bicyclic) bond motifs is 1. The number of carbonyl (C=O) groups excluding carboxylic acids is 2. The normalized spacial score (nSPS) is 15.3. The standard InChI is InChI=1S/C27H28Cl2N2O3S/c1-27(2,3)16-4-13-21-22(14-16)35-26(24(21)25(33)30-19-9-5-17(28)6-10-19)31-23(32)15-34-20-11-7-18(29)8-12-20/h5-12,16H,4,13-15H2,1-3H3,(H,30,33)(H,31,32)/t16-/m1/s1. The number of amides is 2. The van der Waals surface area contributed by atoms with E-state index in [2.05, 4.69) is 31.4 Å². The lowest BCUT2D eigenvalue weighted by Crippen LogP contribution is -2.27. The molecule has 3 aromatic rings. The molecule has 0 radical (unpaired) electrons. The van der Waals surface area contributed by atoms with Gasteiger partial charge in [0, 0.05) is 20.6 Å². The van der Waals surface area contributed by atoms with Crippen molar-refractivity contribution in [3.05, 3.63) is 74.6 Å². The second-order valence-electron chi connectivity index (χ2n) is 9.77. The summed E-state index contributed by atoms with van der Waals surface area (Å²) in [5.41, 5.74) is 2.37. The number of hydrogen-bond donors (Lipinski definition) is 2. The smallest absolute Gasteiger partial charge is 0.262 e. The maximum atomic E-state index is 13.4. The van der Waals surface area contributed by atoms with Gasteiger partial charge in [-0.15, -0.1) is 11.3 Å². The topological polar surface area (TPSA) is 67.4 Å². The van der Waals surface area contributed by atoms with E-state index < -0.39 is 0 Å². The van der Waals surface area contributed by atoms with Gasteiger partial charge >= 0.3 is 0 Å². The van der Waals surface area contributed by atoms with Crippen LogP contribution in [0.1, 0.15) is 48.0 Å². The van der Waals surface area contributed by atoms with Crippen molar-refractivity contribution in [3.8, 4) is 5.75 Å². The van der Waals surface area contributed by atoms with Crippen molar-refractivity contribution in [2.24, 2.45) is 11.3 Å². The van der Waals surface area contributed by atoms with Crippen LogP contribution in [0, 0.1) is 11.3 Å². The minimum absolute atomic E-state index is 0.170. The van der Waals surface area contributed by atoms with Crippen LogP contribution in [-0.4, -0.2) is 18.4 Å². The zero-order chi connectivity index (χ0) is 25.2. The lowest BCUT2D eigenvalue weighted by Gasteiger charge is -2.33. The summed E-state index contributed by atoms with van der Waals surface area (Å²) < 4.78 is 5.59. The molecule has 0 saturated heterocycles. The molecule has 2 N–H and O–H groups in total. The Bertz CT molecular complexity index is 1210. The van der Waals surface area contributed by atoms with Gasteiger partial charge in [-0.1, -0.05) is 44.0 Å². The Morgan fingerprint density at radius 3 is 2.26 bits per heavy atom.